The molecule has 0 saturated heterocycles. The van der Waals surface area contributed by atoms with Crippen LogP contribution in [0, 0.1) is 6.92 Å². The van der Waals surface area contributed by atoms with E-state index in [4.69, 9.17) is 23.2 Å². The number of hydrogen-bond acceptors (Lipinski definition) is 2. The first-order chi connectivity index (χ1) is 6.82. The maximum atomic E-state index is 11.1. The van der Waals surface area contributed by atoms with Crippen LogP contribution >= 0.6 is 23.2 Å². The van der Waals surface area contributed by atoms with Gasteiger partial charge in [0.2, 0.25) is 0 Å². The monoisotopic (exact) mass is 264 g/mol. The number of aryl methyl sites for hydroxylation is 1. The molecule has 0 aliphatic heterocycles. The molecule has 0 heterocycles. The standard InChI is InChI=1S/C10H10Cl2O2S/c1-7-3-5-8(6-4-7)9(11)10(12)15(2,13)14/h3-6H,1-2H3/b10-9+. The van der Waals surface area contributed by atoms with Crippen LogP contribution in [-0.4, -0.2) is 14.7 Å². The summed E-state index contributed by atoms with van der Waals surface area (Å²) in [5.41, 5.74) is 1.66. The second-order valence-electron chi connectivity index (χ2n) is 3.23. The van der Waals surface area contributed by atoms with E-state index in [0.717, 1.165) is 11.8 Å². The van der Waals surface area contributed by atoms with Crippen LogP contribution in [0.15, 0.2) is 28.6 Å². The normalized spacial score (nSPS) is 13.6. The molecule has 0 atom stereocenters. The number of hydrogen-bond donors (Lipinski definition) is 0. The Kier molecular flexibility index (Phi) is 3.82. The van der Waals surface area contributed by atoms with E-state index < -0.39 is 9.84 Å². The Morgan fingerprint density at radius 3 is 2.00 bits per heavy atom. The zero-order chi connectivity index (χ0) is 11.6. The van der Waals surface area contributed by atoms with Crippen molar-refractivity contribution in [2.75, 3.05) is 6.26 Å². The quantitative estimate of drug-likeness (QED) is 0.823. The molecule has 15 heavy (non-hydrogen) atoms. The third-order valence-electron chi connectivity index (χ3n) is 1.80. The Morgan fingerprint density at radius 2 is 1.60 bits per heavy atom. The predicted molar refractivity (Wildman–Crippen MR) is 64.6 cm³/mol. The lowest BCUT2D eigenvalue weighted by atomic mass is 10.1. The fourth-order valence-corrected chi connectivity index (χ4v) is 2.08. The molecule has 1 aromatic carbocycles. The van der Waals surface area contributed by atoms with Crippen LogP contribution in [0.1, 0.15) is 11.1 Å². The summed E-state index contributed by atoms with van der Waals surface area (Å²) in [6, 6.07) is 7.13. The van der Waals surface area contributed by atoms with Gasteiger partial charge in [0.05, 0.1) is 5.03 Å². The highest BCUT2D eigenvalue weighted by atomic mass is 35.5. The van der Waals surface area contributed by atoms with Crippen LogP contribution in [0.25, 0.3) is 5.03 Å². The van der Waals surface area contributed by atoms with Crippen molar-refractivity contribution in [2.24, 2.45) is 0 Å². The van der Waals surface area contributed by atoms with E-state index in [9.17, 15) is 8.42 Å². The summed E-state index contributed by atoms with van der Waals surface area (Å²) in [7, 11) is -3.45. The van der Waals surface area contributed by atoms with Crippen molar-refractivity contribution < 1.29 is 8.42 Å². The van der Waals surface area contributed by atoms with Crippen molar-refractivity contribution in [3.05, 3.63) is 39.8 Å². The smallest absolute Gasteiger partial charge is 0.187 e. The number of halogens is 2. The lowest BCUT2D eigenvalue weighted by molar-refractivity contribution is 0.609. The summed E-state index contributed by atoms with van der Waals surface area (Å²) in [6.45, 7) is 1.93. The van der Waals surface area contributed by atoms with Crippen molar-refractivity contribution in [3.8, 4) is 0 Å². The number of rotatable bonds is 2. The molecule has 1 aromatic rings. The highest BCUT2D eigenvalue weighted by molar-refractivity contribution is 7.96. The van der Waals surface area contributed by atoms with Crippen LogP contribution in [-0.2, 0) is 9.84 Å². The summed E-state index contributed by atoms with van der Waals surface area (Å²) in [5, 5.41) is 0.0548. The Labute approximate surface area is 99.4 Å². The average molecular weight is 265 g/mol. The molecule has 82 valence electrons. The summed E-state index contributed by atoms with van der Waals surface area (Å²) in [6.07, 6.45) is 1.02. The highest BCUT2D eigenvalue weighted by Crippen LogP contribution is 2.28. The molecule has 0 saturated carbocycles. The molecule has 0 radical (unpaired) electrons. The maximum absolute atomic E-state index is 11.1. The maximum Gasteiger partial charge on any atom is 0.187 e. The van der Waals surface area contributed by atoms with Crippen molar-refractivity contribution in [2.45, 2.75) is 6.92 Å². The van der Waals surface area contributed by atoms with Crippen LogP contribution in [0.3, 0.4) is 0 Å². The van der Waals surface area contributed by atoms with E-state index in [0.29, 0.717) is 5.56 Å². The van der Waals surface area contributed by atoms with Gasteiger partial charge in [0.25, 0.3) is 0 Å². The highest BCUT2D eigenvalue weighted by Gasteiger charge is 2.14. The molecule has 0 spiro atoms. The van der Waals surface area contributed by atoms with Crippen molar-refractivity contribution in [3.63, 3.8) is 0 Å². The Balaban J connectivity index is 3.25. The fraction of sp³-hybridized carbons (Fsp3) is 0.200. The van der Waals surface area contributed by atoms with E-state index in [1.807, 2.05) is 19.1 Å². The number of benzene rings is 1. The third kappa shape index (κ3) is 3.23. The van der Waals surface area contributed by atoms with Gasteiger partial charge in [0.15, 0.2) is 14.2 Å². The summed E-state index contributed by atoms with van der Waals surface area (Å²) < 4.78 is 22.0. The first-order valence-corrected chi connectivity index (χ1v) is 6.79. The molecule has 0 aliphatic rings. The van der Waals surface area contributed by atoms with Crippen molar-refractivity contribution in [1.29, 1.82) is 0 Å². The van der Waals surface area contributed by atoms with Crippen LogP contribution in [0.5, 0.6) is 0 Å². The molecule has 1 rings (SSSR count). The second kappa shape index (κ2) is 4.56. The SMILES string of the molecule is Cc1ccc(/C(Cl)=C(/Cl)S(C)(=O)=O)cc1. The lowest BCUT2D eigenvalue weighted by Gasteiger charge is -2.02. The first-order valence-electron chi connectivity index (χ1n) is 4.15. The molecule has 0 fully saturated rings. The van der Waals surface area contributed by atoms with Gasteiger partial charge in [-0.15, -0.1) is 0 Å². The Hall–Kier alpha value is -0.510. The summed E-state index contributed by atoms with van der Waals surface area (Å²) in [4.78, 5) is 0. The van der Waals surface area contributed by atoms with Gasteiger partial charge in [-0.3, -0.25) is 0 Å². The number of sulfone groups is 1. The second-order valence-corrected chi connectivity index (χ2v) is 6.16. The van der Waals surface area contributed by atoms with E-state index in [1.165, 1.54) is 0 Å². The predicted octanol–water partition coefficient (Wildman–Crippen LogP) is 3.14. The molecule has 2 nitrogen and oxygen atoms in total. The van der Waals surface area contributed by atoms with E-state index in [1.54, 1.807) is 12.1 Å². The minimum atomic E-state index is -3.45. The fourth-order valence-electron chi connectivity index (χ4n) is 0.976. The van der Waals surface area contributed by atoms with Gasteiger partial charge < -0.3 is 0 Å². The summed E-state index contributed by atoms with van der Waals surface area (Å²) >= 11 is 11.5. The topological polar surface area (TPSA) is 34.1 Å². The zero-order valence-corrected chi connectivity index (χ0v) is 10.6. The van der Waals surface area contributed by atoms with Crippen molar-refractivity contribution >= 4 is 38.1 Å². The zero-order valence-electron chi connectivity index (χ0n) is 8.29. The molecular formula is C10H10Cl2O2S. The van der Waals surface area contributed by atoms with Crippen LogP contribution in [0.4, 0.5) is 0 Å². The molecule has 0 bridgehead atoms. The molecular weight excluding hydrogens is 255 g/mol. The third-order valence-corrected chi connectivity index (χ3v) is 4.30. The Morgan fingerprint density at radius 1 is 1.13 bits per heavy atom. The molecule has 0 N–H and O–H groups in total. The molecule has 0 aromatic heterocycles. The van der Waals surface area contributed by atoms with Crippen molar-refractivity contribution in [1.82, 2.24) is 0 Å². The lowest BCUT2D eigenvalue weighted by Crippen LogP contribution is -1.96. The minimum absolute atomic E-state index is 0.0548. The average Bonchev–Trinajstić information content (AvgIpc) is 2.15. The van der Waals surface area contributed by atoms with Gasteiger partial charge in [0, 0.05) is 6.26 Å². The van der Waals surface area contributed by atoms with Gasteiger partial charge in [-0.1, -0.05) is 53.0 Å². The Bertz CT molecular complexity index is 487. The largest absolute Gasteiger partial charge is 0.223 e. The van der Waals surface area contributed by atoms with Gasteiger partial charge in [0.1, 0.15) is 0 Å². The van der Waals surface area contributed by atoms with Gasteiger partial charge in [-0.2, -0.15) is 0 Å². The summed E-state index contributed by atoms with van der Waals surface area (Å²) in [5.74, 6) is 0. The molecule has 0 amide bonds. The molecule has 0 unspecified atom stereocenters. The molecule has 5 heteroatoms. The molecule has 0 aliphatic carbocycles. The first kappa shape index (κ1) is 12.6. The van der Waals surface area contributed by atoms with Gasteiger partial charge in [-0.25, -0.2) is 8.42 Å². The van der Waals surface area contributed by atoms with E-state index >= 15 is 0 Å². The van der Waals surface area contributed by atoms with Gasteiger partial charge >= 0.3 is 0 Å². The van der Waals surface area contributed by atoms with Crippen LogP contribution < -0.4 is 0 Å². The van der Waals surface area contributed by atoms with E-state index in [2.05, 4.69) is 0 Å². The van der Waals surface area contributed by atoms with Gasteiger partial charge in [-0.05, 0) is 12.5 Å². The van der Waals surface area contributed by atoms with Crippen LogP contribution in [0.2, 0.25) is 0 Å². The van der Waals surface area contributed by atoms with E-state index in [-0.39, 0.29) is 9.40 Å². The minimum Gasteiger partial charge on any atom is -0.223 e.